The van der Waals surface area contributed by atoms with Crippen LogP contribution in [0.25, 0.3) is 17.3 Å². The van der Waals surface area contributed by atoms with E-state index >= 15 is 0 Å². The zero-order chi connectivity index (χ0) is 25.3. The Hall–Kier alpha value is -3.11. The first-order valence-electron chi connectivity index (χ1n) is 11.5. The molecule has 2 N–H and O–H groups in total. The molecule has 2 aromatic carbocycles. The van der Waals surface area contributed by atoms with E-state index in [4.69, 9.17) is 0 Å². The van der Waals surface area contributed by atoms with Crippen LogP contribution in [0.3, 0.4) is 0 Å². The predicted molar refractivity (Wildman–Crippen MR) is 143 cm³/mol. The number of benzene rings is 2. The zero-order valence-corrected chi connectivity index (χ0v) is 21.6. The lowest BCUT2D eigenvalue weighted by Gasteiger charge is -2.11. The Kier molecular flexibility index (Phi) is 9.50. The summed E-state index contributed by atoms with van der Waals surface area (Å²) in [7, 11) is 4.46. The summed E-state index contributed by atoms with van der Waals surface area (Å²) in [4.78, 5) is 13.3. The molecule has 0 amide bonds. The Morgan fingerprint density at radius 1 is 0.914 bits per heavy atom. The molecular formula is C26H34N6O2S. The van der Waals surface area contributed by atoms with E-state index in [1.165, 1.54) is 0 Å². The standard InChI is InChI=1S/C26H34N6O2S/c1-31(2)19-5-7-21-8-10-22(11-9-21)25-16-18-27-26(30-25)29-23-12-14-24(15-13-23)35(33,34)28-17-6-20-32(3)4/h5,7-16,18,28H,6,17,19-20H2,1-4H3,(H,27,29,30). The van der Waals surface area contributed by atoms with Gasteiger partial charge in [-0.2, -0.15) is 0 Å². The van der Waals surface area contributed by atoms with E-state index in [1.807, 2.05) is 51.3 Å². The van der Waals surface area contributed by atoms with Crippen molar-refractivity contribution in [3.8, 4) is 11.3 Å². The molecule has 35 heavy (non-hydrogen) atoms. The van der Waals surface area contributed by atoms with Crippen LogP contribution < -0.4 is 10.0 Å². The fraction of sp³-hybridized carbons (Fsp3) is 0.308. The minimum atomic E-state index is -3.54. The molecule has 0 aliphatic carbocycles. The molecule has 3 rings (SSSR count). The molecule has 3 aromatic rings. The summed E-state index contributed by atoms with van der Waals surface area (Å²) in [5.41, 5.74) is 3.62. The van der Waals surface area contributed by atoms with Crippen LogP contribution in [0.15, 0.2) is 71.8 Å². The molecule has 8 nitrogen and oxygen atoms in total. The van der Waals surface area contributed by atoms with Gasteiger partial charge in [-0.25, -0.2) is 23.1 Å². The quantitative estimate of drug-likeness (QED) is 0.371. The van der Waals surface area contributed by atoms with Gasteiger partial charge in [-0.1, -0.05) is 36.4 Å². The second-order valence-corrected chi connectivity index (χ2v) is 10.5. The maximum Gasteiger partial charge on any atom is 0.240 e. The van der Waals surface area contributed by atoms with Crippen molar-refractivity contribution in [3.63, 3.8) is 0 Å². The van der Waals surface area contributed by atoms with Gasteiger partial charge in [0.15, 0.2) is 0 Å². The minimum Gasteiger partial charge on any atom is -0.324 e. The molecule has 0 unspecified atom stereocenters. The van der Waals surface area contributed by atoms with Crippen LogP contribution in [0.2, 0.25) is 0 Å². The molecular weight excluding hydrogens is 460 g/mol. The van der Waals surface area contributed by atoms with Crippen molar-refractivity contribution in [2.45, 2.75) is 11.3 Å². The SMILES string of the molecule is CN(C)CC=Cc1ccc(-c2ccnc(Nc3ccc(S(=O)(=O)NCCCN(C)C)cc3)n2)cc1. The fourth-order valence-corrected chi connectivity index (χ4v) is 4.35. The third-order valence-electron chi connectivity index (χ3n) is 5.14. The van der Waals surface area contributed by atoms with Crippen LogP contribution in [0.4, 0.5) is 11.6 Å². The number of hydrogen-bond acceptors (Lipinski definition) is 7. The van der Waals surface area contributed by atoms with Crippen molar-refractivity contribution >= 4 is 27.7 Å². The maximum absolute atomic E-state index is 12.5. The van der Waals surface area contributed by atoms with Crippen LogP contribution in [0.5, 0.6) is 0 Å². The lowest BCUT2D eigenvalue weighted by atomic mass is 10.1. The fourth-order valence-electron chi connectivity index (χ4n) is 3.28. The van der Waals surface area contributed by atoms with Gasteiger partial charge in [-0.05, 0) is 77.1 Å². The van der Waals surface area contributed by atoms with Crippen molar-refractivity contribution in [2.75, 3.05) is 53.1 Å². The highest BCUT2D eigenvalue weighted by Gasteiger charge is 2.13. The Morgan fingerprint density at radius 3 is 2.29 bits per heavy atom. The van der Waals surface area contributed by atoms with Crippen LogP contribution in [0, 0.1) is 0 Å². The summed E-state index contributed by atoms with van der Waals surface area (Å²) < 4.78 is 27.6. The van der Waals surface area contributed by atoms with Gasteiger partial charge in [0, 0.05) is 30.5 Å². The molecule has 1 aromatic heterocycles. The number of hydrogen-bond donors (Lipinski definition) is 2. The highest BCUT2D eigenvalue weighted by atomic mass is 32.2. The van der Waals surface area contributed by atoms with E-state index in [2.05, 4.69) is 49.2 Å². The Labute approximate surface area is 208 Å². The van der Waals surface area contributed by atoms with Crippen LogP contribution in [-0.2, 0) is 10.0 Å². The molecule has 0 radical (unpaired) electrons. The van der Waals surface area contributed by atoms with E-state index in [0.29, 0.717) is 18.2 Å². The van der Waals surface area contributed by atoms with Gasteiger partial charge < -0.3 is 15.1 Å². The largest absolute Gasteiger partial charge is 0.324 e. The van der Waals surface area contributed by atoms with Crippen LogP contribution in [0.1, 0.15) is 12.0 Å². The van der Waals surface area contributed by atoms with Gasteiger partial charge in [-0.3, -0.25) is 0 Å². The lowest BCUT2D eigenvalue weighted by molar-refractivity contribution is 0.400. The molecule has 0 spiro atoms. The predicted octanol–water partition coefficient (Wildman–Crippen LogP) is 3.69. The number of likely N-dealkylation sites (N-methyl/N-ethyl adjacent to an activating group) is 1. The summed E-state index contributed by atoms with van der Waals surface area (Å²) >= 11 is 0. The summed E-state index contributed by atoms with van der Waals surface area (Å²) in [6.07, 6.45) is 6.67. The minimum absolute atomic E-state index is 0.224. The highest BCUT2D eigenvalue weighted by Crippen LogP contribution is 2.21. The van der Waals surface area contributed by atoms with Crippen molar-refractivity contribution in [3.05, 3.63) is 72.4 Å². The second-order valence-electron chi connectivity index (χ2n) is 8.76. The second kappa shape index (κ2) is 12.6. The molecule has 0 aliphatic heterocycles. The van der Waals surface area contributed by atoms with E-state index in [0.717, 1.165) is 36.3 Å². The number of rotatable bonds is 12. The van der Waals surface area contributed by atoms with Gasteiger partial charge in [-0.15, -0.1) is 0 Å². The van der Waals surface area contributed by atoms with E-state index in [1.54, 1.807) is 30.5 Å². The summed E-state index contributed by atoms with van der Waals surface area (Å²) in [5, 5.41) is 3.15. The first-order chi connectivity index (χ1) is 16.7. The van der Waals surface area contributed by atoms with E-state index in [-0.39, 0.29) is 4.90 Å². The summed E-state index contributed by atoms with van der Waals surface area (Å²) in [6, 6.07) is 16.6. The van der Waals surface area contributed by atoms with E-state index in [9.17, 15) is 8.42 Å². The molecule has 0 saturated heterocycles. The third-order valence-corrected chi connectivity index (χ3v) is 6.61. The average molecular weight is 495 g/mol. The lowest BCUT2D eigenvalue weighted by Crippen LogP contribution is -2.27. The Bertz CT molecular complexity index is 1210. The topological polar surface area (TPSA) is 90.5 Å². The van der Waals surface area contributed by atoms with E-state index < -0.39 is 10.0 Å². The zero-order valence-electron chi connectivity index (χ0n) is 20.8. The highest BCUT2D eigenvalue weighted by molar-refractivity contribution is 7.89. The third kappa shape index (κ3) is 8.56. The number of sulfonamides is 1. The molecule has 0 fully saturated rings. The molecule has 0 aliphatic rings. The summed E-state index contributed by atoms with van der Waals surface area (Å²) in [5.74, 6) is 0.440. The Balaban J connectivity index is 1.63. The Morgan fingerprint density at radius 2 is 1.63 bits per heavy atom. The molecule has 0 bridgehead atoms. The first-order valence-corrected chi connectivity index (χ1v) is 13.0. The number of aromatic nitrogens is 2. The molecule has 0 atom stereocenters. The molecule has 9 heteroatoms. The van der Waals surface area contributed by atoms with Gasteiger partial charge in [0.05, 0.1) is 10.6 Å². The smallest absolute Gasteiger partial charge is 0.240 e. The molecule has 0 saturated carbocycles. The number of anilines is 2. The summed E-state index contributed by atoms with van der Waals surface area (Å²) in [6.45, 7) is 2.11. The van der Waals surface area contributed by atoms with Crippen molar-refractivity contribution in [2.24, 2.45) is 0 Å². The van der Waals surface area contributed by atoms with Crippen molar-refractivity contribution in [1.29, 1.82) is 0 Å². The molecule has 1 heterocycles. The average Bonchev–Trinajstić information content (AvgIpc) is 2.82. The van der Waals surface area contributed by atoms with Crippen LogP contribution in [-0.4, -0.2) is 76.0 Å². The number of nitrogens with one attached hydrogen (secondary N) is 2. The normalized spacial score (nSPS) is 12.1. The van der Waals surface area contributed by atoms with Crippen molar-refractivity contribution < 1.29 is 8.42 Å². The number of nitrogens with zero attached hydrogens (tertiary/aromatic N) is 4. The van der Waals surface area contributed by atoms with Crippen LogP contribution >= 0.6 is 0 Å². The molecule has 186 valence electrons. The van der Waals surface area contributed by atoms with Gasteiger partial charge in [0.2, 0.25) is 16.0 Å². The van der Waals surface area contributed by atoms with Gasteiger partial charge in [0.25, 0.3) is 0 Å². The first kappa shape index (κ1) is 26.5. The van der Waals surface area contributed by atoms with Crippen molar-refractivity contribution in [1.82, 2.24) is 24.5 Å². The van der Waals surface area contributed by atoms with Gasteiger partial charge >= 0.3 is 0 Å². The van der Waals surface area contributed by atoms with Gasteiger partial charge in [0.1, 0.15) is 0 Å². The maximum atomic E-state index is 12.5. The monoisotopic (exact) mass is 494 g/mol.